The Morgan fingerprint density at radius 1 is 1.29 bits per heavy atom. The molecular weight excluding hydrogens is 309 g/mol. The van der Waals surface area contributed by atoms with Gasteiger partial charge in [-0.3, -0.25) is 9.48 Å². The minimum Gasteiger partial charge on any atom is -0.341 e. The Labute approximate surface area is 138 Å². The molecule has 0 aliphatic carbocycles. The van der Waals surface area contributed by atoms with Gasteiger partial charge in [0.25, 0.3) is 5.91 Å². The number of nitrogens with one attached hydrogen (secondary N) is 1. The lowest BCUT2D eigenvalue weighted by atomic mass is 10.1. The van der Waals surface area contributed by atoms with Crippen molar-refractivity contribution >= 4 is 5.91 Å². The fourth-order valence-electron chi connectivity index (χ4n) is 2.56. The second-order valence-corrected chi connectivity index (χ2v) is 5.67. The van der Waals surface area contributed by atoms with E-state index in [4.69, 9.17) is 0 Å². The van der Waals surface area contributed by atoms with Crippen LogP contribution in [-0.4, -0.2) is 30.6 Å². The summed E-state index contributed by atoms with van der Waals surface area (Å²) in [5.74, 6) is -0.464. The normalized spacial score (nSPS) is 10.8. The van der Waals surface area contributed by atoms with E-state index in [1.54, 1.807) is 21.7 Å². The lowest BCUT2D eigenvalue weighted by Gasteiger charge is -2.22. The van der Waals surface area contributed by atoms with Gasteiger partial charge in [0.05, 0.1) is 18.2 Å². The molecule has 3 rings (SSSR count). The van der Waals surface area contributed by atoms with Crippen LogP contribution in [0.25, 0.3) is 0 Å². The van der Waals surface area contributed by atoms with E-state index < -0.39 is 0 Å². The van der Waals surface area contributed by atoms with Crippen LogP contribution in [0.3, 0.4) is 0 Å². The van der Waals surface area contributed by atoms with Crippen LogP contribution >= 0.6 is 0 Å². The monoisotopic (exact) mass is 327 g/mol. The fraction of sp³-hybridized carbons (Fsp3) is 0.235. The molecule has 0 aliphatic rings. The summed E-state index contributed by atoms with van der Waals surface area (Å²) in [6.45, 7) is 2.69. The van der Waals surface area contributed by atoms with E-state index in [0.717, 1.165) is 16.8 Å². The number of nitrogens with zero attached hydrogens (tertiary/aromatic N) is 4. The molecule has 0 radical (unpaired) electrons. The standard InChI is InChI=1S/C17H18FN5O/c1-12-14(9-22(2)21-12)10-23(17(24)16-7-19-11-20-16)8-13-3-5-15(18)6-4-13/h3-7,9,11H,8,10H2,1-2H3,(H,19,20). The van der Waals surface area contributed by atoms with Crippen molar-refractivity contribution in [2.45, 2.75) is 20.0 Å². The molecule has 124 valence electrons. The van der Waals surface area contributed by atoms with Crippen LogP contribution in [0, 0.1) is 12.7 Å². The lowest BCUT2D eigenvalue weighted by molar-refractivity contribution is 0.0724. The molecule has 0 saturated heterocycles. The van der Waals surface area contributed by atoms with Crippen LogP contribution in [0.2, 0.25) is 0 Å². The van der Waals surface area contributed by atoms with Gasteiger partial charge in [0.15, 0.2) is 0 Å². The maximum absolute atomic E-state index is 13.1. The third-order valence-corrected chi connectivity index (χ3v) is 3.78. The second-order valence-electron chi connectivity index (χ2n) is 5.67. The number of amides is 1. The van der Waals surface area contributed by atoms with Gasteiger partial charge in [0, 0.05) is 31.9 Å². The van der Waals surface area contributed by atoms with E-state index in [1.807, 2.05) is 20.2 Å². The Hall–Kier alpha value is -2.96. The Balaban J connectivity index is 1.86. The molecule has 1 aromatic carbocycles. The summed E-state index contributed by atoms with van der Waals surface area (Å²) >= 11 is 0. The lowest BCUT2D eigenvalue weighted by Crippen LogP contribution is -2.30. The highest BCUT2D eigenvalue weighted by Crippen LogP contribution is 2.15. The first-order chi connectivity index (χ1) is 11.5. The zero-order chi connectivity index (χ0) is 17.1. The van der Waals surface area contributed by atoms with Gasteiger partial charge in [0.2, 0.25) is 0 Å². The van der Waals surface area contributed by atoms with Crippen molar-refractivity contribution in [1.82, 2.24) is 24.6 Å². The molecule has 1 N–H and O–H groups in total. The van der Waals surface area contributed by atoms with E-state index in [2.05, 4.69) is 15.1 Å². The SMILES string of the molecule is Cc1nn(C)cc1CN(Cc1ccc(F)cc1)C(=O)c1cnc[nH]1. The van der Waals surface area contributed by atoms with Gasteiger partial charge in [-0.05, 0) is 24.6 Å². The molecule has 0 spiro atoms. The molecule has 6 nitrogen and oxygen atoms in total. The van der Waals surface area contributed by atoms with Gasteiger partial charge in [-0.2, -0.15) is 5.10 Å². The molecule has 0 aliphatic heterocycles. The van der Waals surface area contributed by atoms with Gasteiger partial charge in [-0.15, -0.1) is 0 Å². The zero-order valence-electron chi connectivity index (χ0n) is 13.5. The minimum absolute atomic E-state index is 0.167. The summed E-state index contributed by atoms with van der Waals surface area (Å²) in [4.78, 5) is 21.2. The highest BCUT2D eigenvalue weighted by Gasteiger charge is 2.19. The molecule has 3 aromatic rings. The number of aryl methyl sites for hydroxylation is 2. The van der Waals surface area contributed by atoms with Crippen LogP contribution in [0.5, 0.6) is 0 Å². The maximum Gasteiger partial charge on any atom is 0.272 e. The first kappa shape index (κ1) is 15.9. The summed E-state index contributed by atoms with van der Waals surface area (Å²) in [6, 6.07) is 6.14. The van der Waals surface area contributed by atoms with Crippen molar-refractivity contribution in [3.63, 3.8) is 0 Å². The number of aromatic amines is 1. The molecule has 1 amide bonds. The van der Waals surface area contributed by atoms with Gasteiger partial charge in [0.1, 0.15) is 11.5 Å². The number of hydrogen-bond donors (Lipinski definition) is 1. The molecule has 0 unspecified atom stereocenters. The number of rotatable bonds is 5. The molecule has 0 bridgehead atoms. The predicted octanol–water partition coefficient (Wildman–Crippen LogP) is 2.43. The number of benzene rings is 1. The van der Waals surface area contributed by atoms with Gasteiger partial charge >= 0.3 is 0 Å². The van der Waals surface area contributed by atoms with Crippen LogP contribution in [0.1, 0.15) is 27.3 Å². The van der Waals surface area contributed by atoms with Crippen molar-refractivity contribution < 1.29 is 9.18 Å². The predicted molar refractivity (Wildman–Crippen MR) is 86.5 cm³/mol. The smallest absolute Gasteiger partial charge is 0.272 e. The zero-order valence-corrected chi connectivity index (χ0v) is 13.5. The van der Waals surface area contributed by atoms with Crippen molar-refractivity contribution in [3.8, 4) is 0 Å². The molecule has 24 heavy (non-hydrogen) atoms. The number of imidazole rings is 1. The molecule has 0 fully saturated rings. The number of carbonyl (C=O) groups excluding carboxylic acids is 1. The third-order valence-electron chi connectivity index (χ3n) is 3.78. The molecular formula is C17H18FN5O. The van der Waals surface area contributed by atoms with Crippen molar-refractivity contribution in [2.24, 2.45) is 7.05 Å². The van der Waals surface area contributed by atoms with E-state index >= 15 is 0 Å². The minimum atomic E-state index is -0.298. The summed E-state index contributed by atoms with van der Waals surface area (Å²) in [7, 11) is 1.84. The average Bonchev–Trinajstić information content (AvgIpc) is 3.18. The Morgan fingerprint density at radius 3 is 2.62 bits per heavy atom. The Kier molecular flexibility index (Phi) is 4.41. The van der Waals surface area contributed by atoms with E-state index in [0.29, 0.717) is 18.8 Å². The van der Waals surface area contributed by atoms with Gasteiger partial charge in [-0.1, -0.05) is 12.1 Å². The molecule has 0 atom stereocenters. The topological polar surface area (TPSA) is 66.8 Å². The van der Waals surface area contributed by atoms with Gasteiger partial charge < -0.3 is 9.88 Å². The highest BCUT2D eigenvalue weighted by atomic mass is 19.1. The van der Waals surface area contributed by atoms with Crippen molar-refractivity contribution in [1.29, 1.82) is 0 Å². The summed E-state index contributed by atoms with van der Waals surface area (Å²) in [6.07, 6.45) is 4.86. The molecule has 2 heterocycles. The summed E-state index contributed by atoms with van der Waals surface area (Å²) in [5, 5.41) is 4.31. The van der Waals surface area contributed by atoms with Crippen LogP contribution in [-0.2, 0) is 20.1 Å². The van der Waals surface area contributed by atoms with E-state index in [1.165, 1.54) is 24.7 Å². The van der Waals surface area contributed by atoms with E-state index in [9.17, 15) is 9.18 Å². The maximum atomic E-state index is 13.1. The largest absolute Gasteiger partial charge is 0.341 e. The van der Waals surface area contributed by atoms with Crippen LogP contribution < -0.4 is 0 Å². The molecule has 0 saturated carbocycles. The Morgan fingerprint density at radius 2 is 2.04 bits per heavy atom. The summed E-state index contributed by atoms with van der Waals surface area (Å²) < 4.78 is 14.8. The first-order valence-corrected chi connectivity index (χ1v) is 7.54. The average molecular weight is 327 g/mol. The highest BCUT2D eigenvalue weighted by molar-refractivity contribution is 5.92. The van der Waals surface area contributed by atoms with Crippen molar-refractivity contribution in [3.05, 3.63) is 71.3 Å². The van der Waals surface area contributed by atoms with E-state index in [-0.39, 0.29) is 11.7 Å². The van der Waals surface area contributed by atoms with Crippen molar-refractivity contribution in [2.75, 3.05) is 0 Å². The quantitative estimate of drug-likeness (QED) is 0.783. The van der Waals surface area contributed by atoms with Gasteiger partial charge in [-0.25, -0.2) is 9.37 Å². The summed E-state index contributed by atoms with van der Waals surface area (Å²) in [5.41, 5.74) is 3.11. The number of halogens is 1. The number of hydrogen-bond acceptors (Lipinski definition) is 3. The first-order valence-electron chi connectivity index (χ1n) is 7.54. The molecule has 2 aromatic heterocycles. The second kappa shape index (κ2) is 6.66. The number of H-pyrrole nitrogens is 1. The number of aromatic nitrogens is 4. The third kappa shape index (κ3) is 3.51. The van der Waals surface area contributed by atoms with Crippen LogP contribution in [0.4, 0.5) is 4.39 Å². The number of carbonyl (C=O) groups is 1. The van der Waals surface area contributed by atoms with Crippen LogP contribution in [0.15, 0.2) is 43.0 Å². The molecule has 7 heteroatoms. The Bertz CT molecular complexity index is 823. The fourth-order valence-corrected chi connectivity index (χ4v) is 2.56.